The van der Waals surface area contributed by atoms with Gasteiger partial charge in [-0.1, -0.05) is 0 Å². The lowest BCUT2D eigenvalue weighted by Gasteiger charge is -2.47. The topological polar surface area (TPSA) is 15.7 Å². The average Bonchev–Trinajstić information content (AvgIpc) is 2.25. The van der Waals surface area contributed by atoms with Gasteiger partial charge in [-0.2, -0.15) is 0 Å². The number of halogens is 2. The van der Waals surface area contributed by atoms with E-state index in [1.807, 2.05) is 11.8 Å². The molecular formula is C12H22F2N2O. The zero-order valence-electron chi connectivity index (χ0n) is 10.8. The second-order valence-electron chi connectivity index (χ2n) is 5.50. The van der Waals surface area contributed by atoms with Crippen molar-refractivity contribution in [3.8, 4) is 0 Å². The van der Waals surface area contributed by atoms with Gasteiger partial charge in [-0.3, -0.25) is 9.80 Å². The molecule has 0 unspecified atom stereocenters. The van der Waals surface area contributed by atoms with E-state index in [9.17, 15) is 8.78 Å². The molecule has 0 bridgehead atoms. The van der Waals surface area contributed by atoms with Gasteiger partial charge in [0.25, 0.3) is 5.92 Å². The van der Waals surface area contributed by atoms with Gasteiger partial charge in [-0.05, 0) is 20.8 Å². The third-order valence-corrected chi connectivity index (χ3v) is 3.84. The predicted molar refractivity (Wildman–Crippen MR) is 62.4 cm³/mol. The van der Waals surface area contributed by atoms with Crippen LogP contribution in [0.5, 0.6) is 0 Å². The van der Waals surface area contributed by atoms with Gasteiger partial charge in [0, 0.05) is 25.2 Å². The summed E-state index contributed by atoms with van der Waals surface area (Å²) in [6.45, 7) is 8.57. The SMILES string of the molecule is CC(C)N1CCO[C@@H]([C@H](C)N2CC(F)(F)C2)C1. The van der Waals surface area contributed by atoms with E-state index in [2.05, 4.69) is 18.7 Å². The van der Waals surface area contributed by atoms with Gasteiger partial charge in [0.15, 0.2) is 0 Å². The Labute approximate surface area is 102 Å². The number of nitrogens with zero attached hydrogens (tertiary/aromatic N) is 2. The van der Waals surface area contributed by atoms with Gasteiger partial charge in [-0.15, -0.1) is 0 Å². The Balaban J connectivity index is 1.85. The predicted octanol–water partition coefficient (Wildman–Crippen LogP) is 1.44. The Morgan fingerprint density at radius 1 is 1.18 bits per heavy atom. The fourth-order valence-electron chi connectivity index (χ4n) is 2.53. The molecule has 5 heteroatoms. The van der Waals surface area contributed by atoms with Crippen LogP contribution in [0.3, 0.4) is 0 Å². The van der Waals surface area contributed by atoms with Crippen LogP contribution in [-0.4, -0.2) is 66.7 Å². The number of alkyl halides is 2. The second kappa shape index (κ2) is 4.78. The minimum atomic E-state index is -2.49. The fourth-order valence-corrected chi connectivity index (χ4v) is 2.53. The van der Waals surface area contributed by atoms with E-state index in [4.69, 9.17) is 4.74 Å². The van der Waals surface area contributed by atoms with Crippen molar-refractivity contribution < 1.29 is 13.5 Å². The number of hydrogen-bond acceptors (Lipinski definition) is 3. The number of ether oxygens (including phenoxy) is 1. The smallest absolute Gasteiger partial charge is 0.272 e. The molecule has 0 N–H and O–H groups in total. The lowest BCUT2D eigenvalue weighted by Crippen LogP contribution is -2.64. The van der Waals surface area contributed by atoms with E-state index in [1.165, 1.54) is 0 Å². The van der Waals surface area contributed by atoms with Crippen LogP contribution in [0, 0.1) is 0 Å². The van der Waals surface area contributed by atoms with Gasteiger partial charge in [0.1, 0.15) is 0 Å². The molecule has 0 aliphatic carbocycles. The van der Waals surface area contributed by atoms with Crippen molar-refractivity contribution in [2.75, 3.05) is 32.8 Å². The highest BCUT2D eigenvalue weighted by atomic mass is 19.3. The molecule has 2 atom stereocenters. The van der Waals surface area contributed by atoms with Crippen molar-refractivity contribution in [3.05, 3.63) is 0 Å². The summed E-state index contributed by atoms with van der Waals surface area (Å²) in [6, 6.07) is 0.572. The third kappa shape index (κ3) is 2.95. The Kier molecular flexibility index (Phi) is 3.71. The van der Waals surface area contributed by atoms with Crippen molar-refractivity contribution in [3.63, 3.8) is 0 Å². The summed E-state index contributed by atoms with van der Waals surface area (Å²) in [6.07, 6.45) is 0.0576. The summed E-state index contributed by atoms with van der Waals surface area (Å²) in [4.78, 5) is 4.16. The van der Waals surface area contributed by atoms with Crippen LogP contribution < -0.4 is 0 Å². The molecule has 0 spiro atoms. The molecule has 2 aliphatic rings. The van der Waals surface area contributed by atoms with Crippen molar-refractivity contribution in [2.45, 2.75) is 44.9 Å². The molecule has 0 aromatic carbocycles. The first-order chi connectivity index (χ1) is 7.89. The Morgan fingerprint density at radius 3 is 2.35 bits per heavy atom. The summed E-state index contributed by atoms with van der Waals surface area (Å²) in [5, 5.41) is 0. The summed E-state index contributed by atoms with van der Waals surface area (Å²) in [7, 11) is 0. The lowest BCUT2D eigenvalue weighted by molar-refractivity contribution is -0.170. The molecule has 0 radical (unpaired) electrons. The molecule has 2 fully saturated rings. The van der Waals surface area contributed by atoms with Crippen molar-refractivity contribution in [1.82, 2.24) is 9.80 Å². The Bertz CT molecular complexity index is 265. The quantitative estimate of drug-likeness (QED) is 0.751. The molecule has 2 aliphatic heterocycles. The van der Waals surface area contributed by atoms with Crippen molar-refractivity contribution in [1.29, 1.82) is 0 Å². The molecule has 2 saturated heterocycles. The van der Waals surface area contributed by atoms with Gasteiger partial charge >= 0.3 is 0 Å². The minimum Gasteiger partial charge on any atom is -0.374 e. The molecule has 0 amide bonds. The molecule has 2 rings (SSSR count). The molecular weight excluding hydrogens is 226 g/mol. The first-order valence-corrected chi connectivity index (χ1v) is 6.36. The number of hydrogen-bond donors (Lipinski definition) is 0. The zero-order chi connectivity index (χ0) is 12.6. The van der Waals surface area contributed by atoms with E-state index in [-0.39, 0.29) is 25.2 Å². The fraction of sp³-hybridized carbons (Fsp3) is 1.00. The largest absolute Gasteiger partial charge is 0.374 e. The van der Waals surface area contributed by atoms with Gasteiger partial charge < -0.3 is 4.74 Å². The van der Waals surface area contributed by atoms with Crippen LogP contribution in [0.25, 0.3) is 0 Å². The maximum absolute atomic E-state index is 12.8. The number of likely N-dealkylation sites (tertiary alicyclic amines) is 1. The summed E-state index contributed by atoms with van der Waals surface area (Å²) < 4.78 is 31.4. The van der Waals surface area contributed by atoms with Gasteiger partial charge in [0.05, 0.1) is 25.8 Å². The maximum Gasteiger partial charge on any atom is 0.272 e. The highest BCUT2D eigenvalue weighted by Crippen LogP contribution is 2.30. The minimum absolute atomic E-state index is 0.0576. The third-order valence-electron chi connectivity index (χ3n) is 3.84. The van der Waals surface area contributed by atoms with Crippen LogP contribution in [0.4, 0.5) is 8.78 Å². The van der Waals surface area contributed by atoms with Crippen LogP contribution in [0.1, 0.15) is 20.8 Å². The summed E-state index contributed by atoms with van der Waals surface area (Å²) >= 11 is 0. The number of morpholine rings is 1. The van der Waals surface area contributed by atoms with Crippen LogP contribution >= 0.6 is 0 Å². The van der Waals surface area contributed by atoms with Crippen LogP contribution in [0.15, 0.2) is 0 Å². The lowest BCUT2D eigenvalue weighted by atomic mass is 10.0. The Hall–Kier alpha value is -0.260. The van der Waals surface area contributed by atoms with Crippen molar-refractivity contribution >= 4 is 0 Å². The molecule has 2 heterocycles. The maximum atomic E-state index is 12.8. The highest BCUT2D eigenvalue weighted by Gasteiger charge is 2.47. The van der Waals surface area contributed by atoms with E-state index >= 15 is 0 Å². The summed E-state index contributed by atoms with van der Waals surface area (Å²) in [5.74, 6) is -2.49. The van der Waals surface area contributed by atoms with Crippen LogP contribution in [-0.2, 0) is 4.74 Å². The normalized spacial score (nSPS) is 32.5. The van der Waals surface area contributed by atoms with E-state index < -0.39 is 5.92 Å². The highest BCUT2D eigenvalue weighted by molar-refractivity contribution is 4.94. The average molecular weight is 248 g/mol. The molecule has 0 aromatic heterocycles. The molecule has 100 valence electrons. The second-order valence-corrected chi connectivity index (χ2v) is 5.50. The molecule has 0 saturated carbocycles. The standard InChI is InChI=1S/C12H22F2N2O/c1-9(2)15-4-5-17-11(6-15)10(3)16-7-12(13,14)8-16/h9-11H,4-8H2,1-3H3/t10-,11+/m0/s1. The molecule has 17 heavy (non-hydrogen) atoms. The van der Waals surface area contributed by atoms with Crippen LogP contribution in [0.2, 0.25) is 0 Å². The molecule has 3 nitrogen and oxygen atoms in total. The first kappa shape index (κ1) is 13.2. The summed E-state index contributed by atoms with van der Waals surface area (Å²) in [5.41, 5.74) is 0. The van der Waals surface area contributed by atoms with Gasteiger partial charge in [-0.25, -0.2) is 8.78 Å². The number of rotatable bonds is 3. The zero-order valence-corrected chi connectivity index (χ0v) is 10.8. The Morgan fingerprint density at radius 2 is 1.82 bits per heavy atom. The van der Waals surface area contributed by atoms with E-state index in [0.717, 1.165) is 13.1 Å². The van der Waals surface area contributed by atoms with E-state index in [0.29, 0.717) is 12.6 Å². The van der Waals surface area contributed by atoms with E-state index in [1.54, 1.807) is 0 Å². The first-order valence-electron chi connectivity index (χ1n) is 6.36. The monoisotopic (exact) mass is 248 g/mol. The van der Waals surface area contributed by atoms with Gasteiger partial charge in [0.2, 0.25) is 0 Å². The molecule has 0 aromatic rings. The van der Waals surface area contributed by atoms with Crippen molar-refractivity contribution in [2.24, 2.45) is 0 Å².